The molecular weight excluding hydrogens is 250 g/mol. The minimum Gasteiger partial charge on any atom is -0.508 e. The molecule has 1 heterocycles. The smallest absolute Gasteiger partial charge is 0.135 e. The summed E-state index contributed by atoms with van der Waals surface area (Å²) in [5.74, 6) is 1.70. The van der Waals surface area contributed by atoms with Crippen LogP contribution in [0.4, 0.5) is 11.5 Å². The summed E-state index contributed by atoms with van der Waals surface area (Å²) in [5.41, 5.74) is 0.750. The van der Waals surface area contributed by atoms with Gasteiger partial charge in [0, 0.05) is 23.7 Å². The molecule has 0 amide bonds. The summed E-state index contributed by atoms with van der Waals surface area (Å²) in [7, 11) is 0. The van der Waals surface area contributed by atoms with Gasteiger partial charge in [-0.25, -0.2) is 9.97 Å². The maximum absolute atomic E-state index is 9.39. The van der Waals surface area contributed by atoms with E-state index in [9.17, 15) is 5.11 Å². The number of halogens is 1. The molecule has 0 spiro atoms. The molecule has 18 heavy (non-hydrogen) atoms. The Morgan fingerprint density at radius 1 is 1.22 bits per heavy atom. The van der Waals surface area contributed by atoms with Gasteiger partial charge in [0.1, 0.15) is 22.5 Å². The van der Waals surface area contributed by atoms with Gasteiger partial charge in [-0.15, -0.1) is 0 Å². The van der Waals surface area contributed by atoms with Crippen LogP contribution in [0.1, 0.15) is 25.6 Å². The number of phenolic OH excluding ortho intramolecular Hbond substituents is 1. The lowest BCUT2D eigenvalue weighted by molar-refractivity contribution is 0.475. The molecule has 5 heteroatoms. The quantitative estimate of drug-likeness (QED) is 0.829. The molecule has 0 saturated carbocycles. The van der Waals surface area contributed by atoms with E-state index in [0.29, 0.717) is 16.8 Å². The number of hydrogen-bond donors (Lipinski definition) is 2. The Morgan fingerprint density at radius 3 is 2.67 bits per heavy atom. The van der Waals surface area contributed by atoms with Crippen LogP contribution in [0.15, 0.2) is 30.3 Å². The largest absolute Gasteiger partial charge is 0.508 e. The van der Waals surface area contributed by atoms with E-state index in [1.54, 1.807) is 24.3 Å². The van der Waals surface area contributed by atoms with Crippen molar-refractivity contribution < 1.29 is 5.11 Å². The minimum atomic E-state index is 0.198. The number of aromatic hydroxyl groups is 1. The van der Waals surface area contributed by atoms with E-state index in [1.165, 1.54) is 0 Å². The fraction of sp³-hybridized carbons (Fsp3) is 0.231. The van der Waals surface area contributed by atoms with Crippen molar-refractivity contribution in [1.29, 1.82) is 0 Å². The predicted octanol–water partition coefficient (Wildman–Crippen LogP) is 3.70. The summed E-state index contributed by atoms with van der Waals surface area (Å²) < 4.78 is 0. The van der Waals surface area contributed by atoms with Crippen molar-refractivity contribution >= 4 is 23.1 Å². The molecular formula is C13H14ClN3O. The third kappa shape index (κ3) is 3.11. The first-order valence-electron chi connectivity index (χ1n) is 5.65. The molecule has 0 aliphatic heterocycles. The molecule has 0 fully saturated rings. The Kier molecular flexibility index (Phi) is 3.67. The normalized spacial score (nSPS) is 10.7. The number of hydrogen-bond acceptors (Lipinski definition) is 4. The highest BCUT2D eigenvalue weighted by Crippen LogP contribution is 2.22. The zero-order chi connectivity index (χ0) is 13.1. The Labute approximate surface area is 111 Å². The van der Waals surface area contributed by atoms with Crippen LogP contribution in [0.25, 0.3) is 0 Å². The molecule has 94 valence electrons. The molecule has 0 aliphatic rings. The number of nitrogens with one attached hydrogen (secondary N) is 1. The van der Waals surface area contributed by atoms with Crippen LogP contribution >= 0.6 is 11.6 Å². The molecule has 0 aliphatic carbocycles. The fourth-order valence-electron chi connectivity index (χ4n) is 1.49. The summed E-state index contributed by atoms with van der Waals surface area (Å²) in [5, 5.41) is 12.9. The molecule has 2 aromatic rings. The predicted molar refractivity (Wildman–Crippen MR) is 72.5 cm³/mol. The van der Waals surface area contributed by atoms with Gasteiger partial charge < -0.3 is 10.4 Å². The zero-order valence-corrected chi connectivity index (χ0v) is 10.9. The van der Waals surface area contributed by atoms with Crippen LogP contribution in [0.3, 0.4) is 0 Å². The van der Waals surface area contributed by atoms with Crippen LogP contribution < -0.4 is 5.32 Å². The second kappa shape index (κ2) is 5.23. The Balaban J connectivity index is 2.29. The first-order chi connectivity index (χ1) is 8.54. The average molecular weight is 264 g/mol. The van der Waals surface area contributed by atoms with E-state index in [-0.39, 0.29) is 11.7 Å². The van der Waals surface area contributed by atoms with Crippen LogP contribution in [0.2, 0.25) is 5.15 Å². The zero-order valence-electron chi connectivity index (χ0n) is 10.2. The molecule has 2 rings (SSSR count). The second-order valence-electron chi connectivity index (χ2n) is 4.26. The van der Waals surface area contributed by atoms with Gasteiger partial charge in [-0.1, -0.05) is 31.5 Å². The maximum atomic E-state index is 9.39. The van der Waals surface area contributed by atoms with Gasteiger partial charge in [-0.2, -0.15) is 0 Å². The monoisotopic (exact) mass is 263 g/mol. The number of nitrogens with zero attached hydrogens (tertiary/aromatic N) is 2. The van der Waals surface area contributed by atoms with Crippen molar-refractivity contribution in [2.45, 2.75) is 19.8 Å². The minimum absolute atomic E-state index is 0.198. The van der Waals surface area contributed by atoms with Gasteiger partial charge in [-0.3, -0.25) is 0 Å². The number of rotatable bonds is 3. The van der Waals surface area contributed by atoms with Gasteiger partial charge in [0.2, 0.25) is 0 Å². The third-order valence-corrected chi connectivity index (χ3v) is 2.54. The molecule has 1 aromatic heterocycles. The number of aromatic nitrogens is 2. The van der Waals surface area contributed by atoms with Gasteiger partial charge in [0.05, 0.1) is 0 Å². The van der Waals surface area contributed by atoms with Crippen LogP contribution in [-0.2, 0) is 0 Å². The molecule has 0 bridgehead atoms. The summed E-state index contributed by atoms with van der Waals surface area (Å²) in [4.78, 5) is 8.53. The third-order valence-electron chi connectivity index (χ3n) is 2.35. The maximum Gasteiger partial charge on any atom is 0.135 e. The van der Waals surface area contributed by atoms with E-state index in [2.05, 4.69) is 15.3 Å². The Morgan fingerprint density at radius 2 is 2.00 bits per heavy atom. The van der Waals surface area contributed by atoms with Gasteiger partial charge >= 0.3 is 0 Å². The van der Waals surface area contributed by atoms with Crippen LogP contribution in [-0.4, -0.2) is 15.1 Å². The van der Waals surface area contributed by atoms with Crippen LogP contribution in [0, 0.1) is 0 Å². The summed E-state index contributed by atoms with van der Waals surface area (Å²) in [6.45, 7) is 4.01. The molecule has 1 aromatic carbocycles. The van der Waals surface area contributed by atoms with E-state index in [4.69, 9.17) is 11.6 Å². The van der Waals surface area contributed by atoms with Crippen molar-refractivity contribution in [1.82, 2.24) is 9.97 Å². The van der Waals surface area contributed by atoms with E-state index >= 15 is 0 Å². The molecule has 0 radical (unpaired) electrons. The number of benzene rings is 1. The fourth-order valence-corrected chi connectivity index (χ4v) is 1.68. The van der Waals surface area contributed by atoms with Crippen molar-refractivity contribution in [3.63, 3.8) is 0 Å². The molecule has 0 atom stereocenters. The topological polar surface area (TPSA) is 58.0 Å². The molecule has 0 saturated heterocycles. The standard InChI is InChI=1S/C13H14ClN3O/c1-8(2)13-16-11(14)7-12(17-13)15-9-4-3-5-10(18)6-9/h3-8,18H,1-2H3,(H,15,16,17). The first kappa shape index (κ1) is 12.6. The lowest BCUT2D eigenvalue weighted by Gasteiger charge is -2.09. The summed E-state index contributed by atoms with van der Waals surface area (Å²) in [6, 6.07) is 8.47. The Bertz CT molecular complexity index is 558. The van der Waals surface area contributed by atoms with Gasteiger partial charge in [-0.05, 0) is 12.1 Å². The second-order valence-corrected chi connectivity index (χ2v) is 4.65. The summed E-state index contributed by atoms with van der Waals surface area (Å²) >= 11 is 5.95. The SMILES string of the molecule is CC(C)c1nc(Cl)cc(Nc2cccc(O)c2)n1. The van der Waals surface area contributed by atoms with E-state index < -0.39 is 0 Å². The highest BCUT2D eigenvalue weighted by Gasteiger charge is 2.07. The summed E-state index contributed by atoms with van der Waals surface area (Å²) in [6.07, 6.45) is 0. The Hall–Kier alpha value is -1.81. The number of anilines is 2. The van der Waals surface area contributed by atoms with E-state index in [1.807, 2.05) is 19.9 Å². The first-order valence-corrected chi connectivity index (χ1v) is 6.03. The van der Waals surface area contributed by atoms with E-state index in [0.717, 1.165) is 5.69 Å². The van der Waals surface area contributed by atoms with Gasteiger partial charge in [0.15, 0.2) is 0 Å². The average Bonchev–Trinajstić information content (AvgIpc) is 2.28. The number of phenols is 1. The highest BCUT2D eigenvalue weighted by molar-refractivity contribution is 6.29. The van der Waals surface area contributed by atoms with Crippen molar-refractivity contribution in [3.05, 3.63) is 41.3 Å². The van der Waals surface area contributed by atoms with Gasteiger partial charge in [0.25, 0.3) is 0 Å². The van der Waals surface area contributed by atoms with Crippen molar-refractivity contribution in [3.8, 4) is 5.75 Å². The highest BCUT2D eigenvalue weighted by atomic mass is 35.5. The van der Waals surface area contributed by atoms with Crippen molar-refractivity contribution in [2.75, 3.05) is 5.32 Å². The van der Waals surface area contributed by atoms with Crippen molar-refractivity contribution in [2.24, 2.45) is 0 Å². The van der Waals surface area contributed by atoms with Crippen LogP contribution in [0.5, 0.6) is 5.75 Å². The lowest BCUT2D eigenvalue weighted by Crippen LogP contribution is -2.02. The molecule has 4 nitrogen and oxygen atoms in total. The molecule has 2 N–H and O–H groups in total. The lowest BCUT2D eigenvalue weighted by atomic mass is 10.2. The molecule has 0 unspecified atom stereocenters.